The Morgan fingerprint density at radius 3 is 2.39 bits per heavy atom. The fraction of sp³-hybridized carbons (Fsp3) is 0.185. The van der Waals surface area contributed by atoms with Gasteiger partial charge in [-0.3, -0.25) is 4.79 Å². The molecule has 9 heteroatoms. The summed E-state index contributed by atoms with van der Waals surface area (Å²) < 4.78 is 17.9. The predicted octanol–water partition coefficient (Wildman–Crippen LogP) is 7.52. The fourth-order valence-corrected chi connectivity index (χ4v) is 4.41. The average molecular weight is 637 g/mol. The van der Waals surface area contributed by atoms with Crippen LogP contribution in [-0.2, 0) is 11.4 Å². The summed E-state index contributed by atoms with van der Waals surface area (Å²) >= 11 is 14.2. The number of nitrogens with zero attached hydrogens (tertiary/aromatic N) is 1. The molecule has 0 aliphatic heterocycles. The third kappa shape index (κ3) is 7.53. The molecule has 36 heavy (non-hydrogen) atoms. The first-order valence-corrected chi connectivity index (χ1v) is 12.9. The molecule has 3 aromatic carbocycles. The molecule has 0 saturated heterocycles. The standard InChI is InChI=1S/C27H23Cl2IN2O4/c1-3-34-25-13-17(12-24(30)26(25)35-4-2)11-19(15-31)27(33)32-21-7-9-22(10-8-21)36-16-18-5-6-20(28)14-23(18)29/h5-14H,3-4,16H2,1-2H3,(H,32,33)/b19-11+. The van der Waals surface area contributed by atoms with Crippen molar-refractivity contribution in [2.45, 2.75) is 20.5 Å². The molecule has 0 aliphatic rings. The van der Waals surface area contributed by atoms with Gasteiger partial charge in [-0.2, -0.15) is 5.26 Å². The monoisotopic (exact) mass is 636 g/mol. The molecule has 6 nitrogen and oxygen atoms in total. The third-order valence-corrected chi connectivity index (χ3v) is 6.21. The largest absolute Gasteiger partial charge is 0.490 e. The number of anilines is 1. The summed E-state index contributed by atoms with van der Waals surface area (Å²) in [4.78, 5) is 12.8. The van der Waals surface area contributed by atoms with E-state index in [1.807, 2.05) is 26.0 Å². The van der Waals surface area contributed by atoms with E-state index in [2.05, 4.69) is 27.9 Å². The molecular weight excluding hydrogens is 614 g/mol. The van der Waals surface area contributed by atoms with E-state index in [4.69, 9.17) is 37.4 Å². The Balaban J connectivity index is 1.69. The van der Waals surface area contributed by atoms with Gasteiger partial charge in [-0.1, -0.05) is 29.3 Å². The Bertz CT molecular complexity index is 1300. The van der Waals surface area contributed by atoms with Crippen LogP contribution >= 0.6 is 45.8 Å². The molecule has 3 rings (SSSR count). The molecule has 0 spiro atoms. The number of hydrogen-bond acceptors (Lipinski definition) is 5. The van der Waals surface area contributed by atoms with Gasteiger partial charge in [0.1, 0.15) is 24.0 Å². The highest BCUT2D eigenvalue weighted by atomic mass is 127. The van der Waals surface area contributed by atoms with Crippen LogP contribution in [0.4, 0.5) is 5.69 Å². The van der Waals surface area contributed by atoms with E-state index in [1.165, 1.54) is 6.08 Å². The van der Waals surface area contributed by atoms with E-state index < -0.39 is 5.91 Å². The molecule has 0 aliphatic carbocycles. The summed E-state index contributed by atoms with van der Waals surface area (Å²) in [6.07, 6.45) is 1.52. The molecule has 0 fully saturated rings. The topological polar surface area (TPSA) is 80.6 Å². The first-order chi connectivity index (χ1) is 17.3. The van der Waals surface area contributed by atoms with Crippen LogP contribution < -0.4 is 19.5 Å². The van der Waals surface area contributed by atoms with Crippen LogP contribution in [0.3, 0.4) is 0 Å². The van der Waals surface area contributed by atoms with Crippen LogP contribution in [0.5, 0.6) is 17.2 Å². The maximum atomic E-state index is 12.8. The fourth-order valence-electron chi connectivity index (χ4n) is 3.17. The van der Waals surface area contributed by atoms with Crippen molar-refractivity contribution in [3.8, 4) is 23.3 Å². The second-order valence-electron chi connectivity index (χ2n) is 7.37. The number of nitriles is 1. The van der Waals surface area contributed by atoms with Crippen molar-refractivity contribution in [1.82, 2.24) is 0 Å². The highest BCUT2D eigenvalue weighted by Gasteiger charge is 2.14. The maximum Gasteiger partial charge on any atom is 0.266 e. The van der Waals surface area contributed by atoms with E-state index >= 15 is 0 Å². The molecule has 186 valence electrons. The Hall–Kier alpha value is -2.93. The van der Waals surface area contributed by atoms with Crippen LogP contribution in [0.25, 0.3) is 6.08 Å². The van der Waals surface area contributed by atoms with E-state index in [0.29, 0.717) is 51.8 Å². The molecule has 1 N–H and O–H groups in total. The molecule has 0 saturated carbocycles. The van der Waals surface area contributed by atoms with Gasteiger partial charge in [0, 0.05) is 21.3 Å². The van der Waals surface area contributed by atoms with Crippen LogP contribution in [0, 0.1) is 14.9 Å². The normalized spacial score (nSPS) is 10.9. The summed E-state index contributed by atoms with van der Waals surface area (Å²) in [5.41, 5.74) is 1.94. The highest BCUT2D eigenvalue weighted by molar-refractivity contribution is 14.1. The number of carbonyl (C=O) groups is 1. The number of amides is 1. The minimum atomic E-state index is -0.527. The molecule has 0 heterocycles. The number of benzene rings is 3. The minimum absolute atomic E-state index is 0.0462. The van der Waals surface area contributed by atoms with Crippen molar-refractivity contribution < 1.29 is 19.0 Å². The molecule has 0 atom stereocenters. The third-order valence-electron chi connectivity index (χ3n) is 4.82. The zero-order chi connectivity index (χ0) is 26.1. The first kappa shape index (κ1) is 27.7. The lowest BCUT2D eigenvalue weighted by molar-refractivity contribution is -0.112. The molecule has 3 aromatic rings. The quantitative estimate of drug-likeness (QED) is 0.141. The van der Waals surface area contributed by atoms with E-state index in [9.17, 15) is 10.1 Å². The second kappa shape index (κ2) is 13.4. The number of ether oxygens (including phenoxy) is 3. The minimum Gasteiger partial charge on any atom is -0.490 e. The Kier molecular flexibility index (Phi) is 10.3. The molecule has 0 unspecified atom stereocenters. The van der Waals surface area contributed by atoms with Crippen molar-refractivity contribution >= 4 is 63.5 Å². The highest BCUT2D eigenvalue weighted by Crippen LogP contribution is 2.35. The van der Waals surface area contributed by atoms with Gasteiger partial charge in [0.15, 0.2) is 11.5 Å². The molecule has 0 bridgehead atoms. The Morgan fingerprint density at radius 1 is 1.03 bits per heavy atom. The zero-order valence-electron chi connectivity index (χ0n) is 19.6. The summed E-state index contributed by atoms with van der Waals surface area (Å²) in [5.74, 6) is 1.27. The van der Waals surface area contributed by atoms with Crippen LogP contribution in [0.1, 0.15) is 25.0 Å². The summed E-state index contributed by atoms with van der Waals surface area (Å²) in [6.45, 7) is 5.00. The second-order valence-corrected chi connectivity index (χ2v) is 9.37. The van der Waals surface area contributed by atoms with Crippen LogP contribution in [-0.4, -0.2) is 19.1 Å². The van der Waals surface area contributed by atoms with Crippen molar-refractivity contribution in [2.75, 3.05) is 18.5 Å². The number of halogens is 3. The number of carbonyl (C=O) groups excluding carboxylic acids is 1. The van der Waals surface area contributed by atoms with Gasteiger partial charge in [-0.15, -0.1) is 0 Å². The van der Waals surface area contributed by atoms with Crippen LogP contribution in [0.15, 0.2) is 60.2 Å². The number of hydrogen-bond donors (Lipinski definition) is 1. The van der Waals surface area contributed by atoms with Gasteiger partial charge >= 0.3 is 0 Å². The van der Waals surface area contributed by atoms with Gasteiger partial charge in [-0.25, -0.2) is 0 Å². The summed E-state index contributed by atoms with van der Waals surface area (Å²) in [7, 11) is 0. The summed E-state index contributed by atoms with van der Waals surface area (Å²) in [6, 6.07) is 17.6. The van der Waals surface area contributed by atoms with E-state index in [-0.39, 0.29) is 12.2 Å². The lowest BCUT2D eigenvalue weighted by atomic mass is 10.1. The Morgan fingerprint density at radius 2 is 1.75 bits per heavy atom. The first-order valence-electron chi connectivity index (χ1n) is 11.0. The maximum absolute atomic E-state index is 12.8. The number of nitrogens with one attached hydrogen (secondary N) is 1. The van der Waals surface area contributed by atoms with Gasteiger partial charge in [0.05, 0.1) is 16.8 Å². The molecule has 0 radical (unpaired) electrons. The molecule has 1 amide bonds. The van der Waals surface area contributed by atoms with E-state index in [1.54, 1.807) is 48.5 Å². The molecule has 0 aromatic heterocycles. The van der Waals surface area contributed by atoms with Gasteiger partial charge in [0.2, 0.25) is 0 Å². The van der Waals surface area contributed by atoms with E-state index in [0.717, 1.165) is 9.13 Å². The van der Waals surface area contributed by atoms with Crippen molar-refractivity contribution in [3.63, 3.8) is 0 Å². The van der Waals surface area contributed by atoms with Crippen molar-refractivity contribution in [2.24, 2.45) is 0 Å². The summed E-state index contributed by atoms with van der Waals surface area (Å²) in [5, 5.41) is 13.4. The smallest absolute Gasteiger partial charge is 0.266 e. The predicted molar refractivity (Wildman–Crippen MR) is 151 cm³/mol. The van der Waals surface area contributed by atoms with Gasteiger partial charge in [0.25, 0.3) is 5.91 Å². The zero-order valence-corrected chi connectivity index (χ0v) is 23.3. The SMILES string of the molecule is CCOc1cc(/C=C(\C#N)C(=O)Nc2ccc(OCc3ccc(Cl)cc3Cl)cc2)cc(I)c1OCC. The molecular formula is C27H23Cl2IN2O4. The van der Waals surface area contributed by atoms with Crippen LogP contribution in [0.2, 0.25) is 10.0 Å². The number of rotatable bonds is 10. The lowest BCUT2D eigenvalue weighted by Crippen LogP contribution is -2.13. The van der Waals surface area contributed by atoms with Crippen molar-refractivity contribution in [3.05, 3.63) is 84.9 Å². The Labute approximate surface area is 233 Å². The van der Waals surface area contributed by atoms with Gasteiger partial charge in [-0.05, 0) is 96.6 Å². The average Bonchev–Trinajstić information content (AvgIpc) is 2.85. The van der Waals surface area contributed by atoms with Gasteiger partial charge < -0.3 is 19.5 Å². The lowest BCUT2D eigenvalue weighted by Gasteiger charge is -2.13. The van der Waals surface area contributed by atoms with Crippen molar-refractivity contribution in [1.29, 1.82) is 5.26 Å².